The van der Waals surface area contributed by atoms with E-state index in [4.69, 9.17) is 23.2 Å². The van der Waals surface area contributed by atoms with E-state index < -0.39 is 0 Å². The van der Waals surface area contributed by atoms with Gasteiger partial charge in [0.2, 0.25) is 5.91 Å². The average molecular weight is 403 g/mol. The number of nitrogens with one attached hydrogen (secondary N) is 2. The molecule has 0 atom stereocenters. The van der Waals surface area contributed by atoms with Gasteiger partial charge in [-0.15, -0.1) is 0 Å². The van der Waals surface area contributed by atoms with Gasteiger partial charge in [-0.3, -0.25) is 9.69 Å². The zero-order valence-corrected chi connectivity index (χ0v) is 16.3. The standard InChI is InChI=1S/C20H20Cl2N4O/c21-15-8-9-16-19(18(15)22)25-20(24-16)13-4-6-14(7-5-13)23-17(27)12-26-10-2-1-3-11-26/h4-9H,1-3,10-12H2,(H,23,27)(H,24,25). The van der Waals surface area contributed by atoms with Crippen LogP contribution in [0.1, 0.15) is 19.3 Å². The van der Waals surface area contributed by atoms with Crippen molar-refractivity contribution >= 4 is 45.8 Å². The molecular weight excluding hydrogens is 383 g/mol. The van der Waals surface area contributed by atoms with Crippen molar-refractivity contribution in [1.29, 1.82) is 0 Å². The molecule has 3 aromatic rings. The number of anilines is 1. The van der Waals surface area contributed by atoms with Crippen LogP contribution in [0.25, 0.3) is 22.4 Å². The number of fused-ring (bicyclic) bond motifs is 1. The number of hydrogen-bond donors (Lipinski definition) is 2. The number of amides is 1. The number of benzene rings is 2. The number of aromatic amines is 1. The molecule has 0 radical (unpaired) electrons. The first-order valence-electron chi connectivity index (χ1n) is 9.06. The highest BCUT2D eigenvalue weighted by molar-refractivity contribution is 6.44. The predicted octanol–water partition coefficient (Wildman–Crippen LogP) is 4.96. The van der Waals surface area contributed by atoms with Gasteiger partial charge in [-0.1, -0.05) is 29.6 Å². The van der Waals surface area contributed by atoms with Crippen LogP contribution in [0.15, 0.2) is 36.4 Å². The summed E-state index contributed by atoms with van der Waals surface area (Å²) >= 11 is 12.3. The van der Waals surface area contributed by atoms with Crippen molar-refractivity contribution in [2.24, 2.45) is 0 Å². The zero-order chi connectivity index (χ0) is 18.8. The second-order valence-corrected chi connectivity index (χ2v) is 7.59. The van der Waals surface area contributed by atoms with Crippen LogP contribution < -0.4 is 5.32 Å². The molecule has 140 valence electrons. The Morgan fingerprint density at radius 1 is 1.07 bits per heavy atom. The van der Waals surface area contributed by atoms with E-state index in [9.17, 15) is 4.79 Å². The summed E-state index contributed by atoms with van der Waals surface area (Å²) in [4.78, 5) is 22.2. The molecule has 2 aromatic carbocycles. The molecule has 0 unspecified atom stereocenters. The summed E-state index contributed by atoms with van der Waals surface area (Å²) < 4.78 is 0. The number of hydrogen-bond acceptors (Lipinski definition) is 3. The molecule has 2 heterocycles. The highest BCUT2D eigenvalue weighted by Crippen LogP contribution is 2.31. The van der Waals surface area contributed by atoms with Crippen molar-refractivity contribution in [3.05, 3.63) is 46.4 Å². The van der Waals surface area contributed by atoms with Crippen molar-refractivity contribution in [3.8, 4) is 11.4 Å². The molecule has 1 saturated heterocycles. The number of carbonyl (C=O) groups excluding carboxylic acids is 1. The Kier molecular flexibility index (Phi) is 5.34. The lowest BCUT2D eigenvalue weighted by Crippen LogP contribution is -2.36. The molecule has 1 aromatic heterocycles. The maximum absolute atomic E-state index is 12.2. The zero-order valence-electron chi connectivity index (χ0n) is 14.8. The third kappa shape index (κ3) is 4.10. The summed E-state index contributed by atoms with van der Waals surface area (Å²) in [6, 6.07) is 11.2. The van der Waals surface area contributed by atoms with Gasteiger partial charge in [0.25, 0.3) is 0 Å². The van der Waals surface area contributed by atoms with Crippen molar-refractivity contribution < 1.29 is 4.79 Å². The molecule has 0 bridgehead atoms. The van der Waals surface area contributed by atoms with Crippen LogP contribution in [-0.4, -0.2) is 40.4 Å². The fourth-order valence-corrected chi connectivity index (χ4v) is 3.75. The SMILES string of the molecule is O=C(CN1CCCCC1)Nc1ccc(-c2nc3c(Cl)c(Cl)ccc3[nH]2)cc1. The largest absolute Gasteiger partial charge is 0.338 e. The van der Waals surface area contributed by atoms with E-state index >= 15 is 0 Å². The molecule has 2 N–H and O–H groups in total. The van der Waals surface area contributed by atoms with E-state index in [2.05, 4.69) is 20.2 Å². The summed E-state index contributed by atoms with van der Waals surface area (Å²) in [7, 11) is 0. The molecule has 1 amide bonds. The second kappa shape index (κ2) is 7.89. The summed E-state index contributed by atoms with van der Waals surface area (Å²) in [6.07, 6.45) is 3.61. The van der Waals surface area contributed by atoms with Crippen molar-refractivity contribution in [3.63, 3.8) is 0 Å². The molecular formula is C20H20Cl2N4O. The highest BCUT2D eigenvalue weighted by Gasteiger charge is 2.14. The second-order valence-electron chi connectivity index (χ2n) is 6.81. The van der Waals surface area contributed by atoms with Crippen molar-refractivity contribution in [2.75, 3.05) is 25.0 Å². The van der Waals surface area contributed by atoms with Crippen LogP contribution in [0.5, 0.6) is 0 Å². The third-order valence-electron chi connectivity index (χ3n) is 4.80. The Labute approximate surface area is 167 Å². The van der Waals surface area contributed by atoms with Crippen LogP contribution in [-0.2, 0) is 4.79 Å². The smallest absolute Gasteiger partial charge is 0.238 e. The Morgan fingerprint density at radius 2 is 1.81 bits per heavy atom. The van der Waals surface area contributed by atoms with Gasteiger partial charge >= 0.3 is 0 Å². The van der Waals surface area contributed by atoms with Crippen molar-refractivity contribution in [1.82, 2.24) is 14.9 Å². The molecule has 4 rings (SSSR count). The van der Waals surface area contributed by atoms with E-state index in [1.807, 2.05) is 30.3 Å². The van der Waals surface area contributed by atoms with Crippen LogP contribution in [0.2, 0.25) is 10.0 Å². The average Bonchev–Trinajstić information content (AvgIpc) is 3.11. The number of likely N-dealkylation sites (tertiary alicyclic amines) is 1. The fraction of sp³-hybridized carbons (Fsp3) is 0.300. The first kappa shape index (κ1) is 18.3. The van der Waals surface area contributed by atoms with Gasteiger partial charge in [0.05, 0.1) is 22.1 Å². The van der Waals surface area contributed by atoms with Crippen LogP contribution in [0.3, 0.4) is 0 Å². The Hall–Kier alpha value is -2.08. The minimum Gasteiger partial charge on any atom is -0.338 e. The molecule has 0 aliphatic carbocycles. The fourth-order valence-electron chi connectivity index (χ4n) is 3.39. The lowest BCUT2D eigenvalue weighted by atomic mass is 10.1. The molecule has 0 saturated carbocycles. The number of halogens is 2. The third-order valence-corrected chi connectivity index (χ3v) is 5.60. The lowest BCUT2D eigenvalue weighted by molar-refractivity contribution is -0.117. The van der Waals surface area contributed by atoms with E-state index in [0.29, 0.717) is 27.9 Å². The minimum atomic E-state index is 0.0230. The lowest BCUT2D eigenvalue weighted by Gasteiger charge is -2.25. The van der Waals surface area contributed by atoms with E-state index in [0.717, 1.165) is 29.9 Å². The minimum absolute atomic E-state index is 0.0230. The molecule has 0 spiro atoms. The highest BCUT2D eigenvalue weighted by atomic mass is 35.5. The molecule has 1 aliphatic heterocycles. The van der Waals surface area contributed by atoms with Gasteiger partial charge in [0, 0.05) is 11.3 Å². The topological polar surface area (TPSA) is 61.0 Å². The van der Waals surface area contributed by atoms with Gasteiger partial charge < -0.3 is 10.3 Å². The quantitative estimate of drug-likeness (QED) is 0.647. The Balaban J connectivity index is 1.45. The summed E-state index contributed by atoms with van der Waals surface area (Å²) in [5, 5.41) is 3.88. The maximum atomic E-state index is 12.2. The van der Waals surface area contributed by atoms with Crippen LogP contribution in [0.4, 0.5) is 5.69 Å². The van der Waals surface area contributed by atoms with Crippen LogP contribution >= 0.6 is 23.2 Å². The van der Waals surface area contributed by atoms with Gasteiger partial charge in [-0.2, -0.15) is 0 Å². The van der Waals surface area contributed by atoms with Gasteiger partial charge in [0.1, 0.15) is 11.3 Å². The van der Waals surface area contributed by atoms with E-state index in [1.165, 1.54) is 19.3 Å². The monoisotopic (exact) mass is 402 g/mol. The predicted molar refractivity (Wildman–Crippen MR) is 110 cm³/mol. The molecule has 27 heavy (non-hydrogen) atoms. The Bertz CT molecular complexity index is 962. The van der Waals surface area contributed by atoms with Crippen molar-refractivity contribution in [2.45, 2.75) is 19.3 Å². The van der Waals surface area contributed by atoms with Gasteiger partial charge in [-0.05, 0) is 62.3 Å². The number of nitrogens with zero attached hydrogens (tertiary/aromatic N) is 2. The van der Waals surface area contributed by atoms with Gasteiger partial charge in [-0.25, -0.2) is 4.98 Å². The van der Waals surface area contributed by atoms with Gasteiger partial charge in [0.15, 0.2) is 0 Å². The van der Waals surface area contributed by atoms with Crippen LogP contribution in [0, 0.1) is 0 Å². The summed E-state index contributed by atoms with van der Waals surface area (Å²) in [6.45, 7) is 2.46. The number of imidazole rings is 1. The molecule has 7 heteroatoms. The summed E-state index contributed by atoms with van der Waals surface area (Å²) in [5.41, 5.74) is 3.17. The number of H-pyrrole nitrogens is 1. The molecule has 1 fully saturated rings. The maximum Gasteiger partial charge on any atom is 0.238 e. The summed E-state index contributed by atoms with van der Waals surface area (Å²) in [5.74, 6) is 0.732. The number of piperidine rings is 1. The van der Waals surface area contributed by atoms with E-state index in [-0.39, 0.29) is 5.91 Å². The first-order chi connectivity index (χ1) is 13.1. The number of aromatic nitrogens is 2. The van der Waals surface area contributed by atoms with E-state index in [1.54, 1.807) is 6.07 Å². The number of rotatable bonds is 4. The Morgan fingerprint density at radius 3 is 2.56 bits per heavy atom. The normalized spacial score (nSPS) is 15.2. The molecule has 1 aliphatic rings. The molecule has 5 nitrogen and oxygen atoms in total. The number of carbonyl (C=O) groups is 1. The first-order valence-corrected chi connectivity index (χ1v) is 9.82.